The van der Waals surface area contributed by atoms with Gasteiger partial charge in [0.15, 0.2) is 15.8 Å². The largest absolute Gasteiger partial charge is 0.490 e. The molecule has 0 saturated carbocycles. The minimum Gasteiger partial charge on any atom is -0.490 e. The van der Waals surface area contributed by atoms with Crippen LogP contribution in [0.5, 0.6) is 5.75 Å². The molecule has 1 unspecified atom stereocenters. The van der Waals surface area contributed by atoms with Gasteiger partial charge >= 0.3 is 0 Å². The van der Waals surface area contributed by atoms with Crippen LogP contribution in [0, 0.1) is 6.92 Å². The Balaban J connectivity index is 1.82. The summed E-state index contributed by atoms with van der Waals surface area (Å²) in [5, 5.41) is 6.63. The molecule has 0 aliphatic carbocycles. The smallest absolute Gasteiger partial charge is 0.191 e. The second-order valence-corrected chi connectivity index (χ2v) is 9.60. The molecule has 0 bridgehead atoms. The first-order valence-corrected chi connectivity index (χ1v) is 11.8. The standard InChI is InChI=1S/C20H34N4O3S/c1-5-17(3)27-19-14-16(2)6-7-18(19)15-23-20(21-4)22-8-9-24-10-12-28(25,26)13-11-24/h6-7,14,17H,5,8-13,15H2,1-4H3,(H2,21,22,23). The Hall–Kier alpha value is -1.80. The lowest BCUT2D eigenvalue weighted by Crippen LogP contribution is -2.45. The van der Waals surface area contributed by atoms with E-state index in [1.54, 1.807) is 7.05 Å². The van der Waals surface area contributed by atoms with Crippen molar-refractivity contribution in [3.63, 3.8) is 0 Å². The van der Waals surface area contributed by atoms with Crippen molar-refractivity contribution in [3.05, 3.63) is 29.3 Å². The van der Waals surface area contributed by atoms with Crippen molar-refractivity contribution in [1.29, 1.82) is 0 Å². The highest BCUT2D eigenvalue weighted by atomic mass is 32.2. The summed E-state index contributed by atoms with van der Waals surface area (Å²) in [6, 6.07) is 6.24. The van der Waals surface area contributed by atoms with Gasteiger partial charge in [0.2, 0.25) is 0 Å². The number of hydrogen-bond acceptors (Lipinski definition) is 5. The van der Waals surface area contributed by atoms with E-state index in [1.807, 2.05) is 0 Å². The molecular formula is C20H34N4O3S. The number of benzene rings is 1. The third-order valence-corrected chi connectivity index (χ3v) is 6.56. The fourth-order valence-corrected chi connectivity index (χ4v) is 4.20. The van der Waals surface area contributed by atoms with Crippen molar-refractivity contribution in [3.8, 4) is 5.75 Å². The first kappa shape index (κ1) is 22.5. The quantitative estimate of drug-likeness (QED) is 0.500. The second-order valence-electron chi connectivity index (χ2n) is 7.29. The molecule has 1 aromatic rings. The van der Waals surface area contributed by atoms with Gasteiger partial charge in [-0.15, -0.1) is 0 Å². The van der Waals surface area contributed by atoms with Crippen LogP contribution in [0.25, 0.3) is 0 Å². The van der Waals surface area contributed by atoms with E-state index in [0.29, 0.717) is 26.2 Å². The zero-order valence-electron chi connectivity index (χ0n) is 17.5. The molecule has 1 aliphatic heterocycles. The summed E-state index contributed by atoms with van der Waals surface area (Å²) in [7, 11) is -1.08. The fraction of sp³-hybridized carbons (Fsp3) is 0.650. The Labute approximate surface area is 169 Å². The van der Waals surface area contributed by atoms with Gasteiger partial charge in [-0.1, -0.05) is 19.1 Å². The van der Waals surface area contributed by atoms with Crippen molar-refractivity contribution >= 4 is 15.8 Å². The zero-order chi connectivity index (χ0) is 20.6. The summed E-state index contributed by atoms with van der Waals surface area (Å²) < 4.78 is 29.1. The van der Waals surface area contributed by atoms with Crippen LogP contribution < -0.4 is 15.4 Å². The van der Waals surface area contributed by atoms with Crippen LogP contribution in [0.2, 0.25) is 0 Å². The molecule has 1 atom stereocenters. The van der Waals surface area contributed by atoms with E-state index in [9.17, 15) is 8.42 Å². The SMILES string of the molecule is CCC(C)Oc1cc(C)ccc1CNC(=NC)NCCN1CCS(=O)(=O)CC1. The predicted octanol–water partition coefficient (Wildman–Crippen LogP) is 1.57. The molecule has 1 fully saturated rings. The third kappa shape index (κ3) is 7.31. The van der Waals surface area contributed by atoms with Crippen molar-refractivity contribution in [2.24, 2.45) is 4.99 Å². The van der Waals surface area contributed by atoms with E-state index in [0.717, 1.165) is 30.2 Å². The van der Waals surface area contributed by atoms with Gasteiger partial charge in [0.1, 0.15) is 5.75 Å². The molecule has 1 aromatic carbocycles. The van der Waals surface area contributed by atoms with Crippen LogP contribution >= 0.6 is 0 Å². The van der Waals surface area contributed by atoms with Gasteiger partial charge in [-0.3, -0.25) is 9.89 Å². The minimum absolute atomic E-state index is 0.173. The van der Waals surface area contributed by atoms with E-state index < -0.39 is 9.84 Å². The van der Waals surface area contributed by atoms with Gasteiger partial charge in [-0.25, -0.2) is 8.42 Å². The number of ether oxygens (including phenoxy) is 1. The number of aryl methyl sites for hydroxylation is 1. The summed E-state index contributed by atoms with van der Waals surface area (Å²) in [5.41, 5.74) is 2.27. The number of rotatable bonds is 8. The summed E-state index contributed by atoms with van der Waals surface area (Å²) in [4.78, 5) is 6.44. The van der Waals surface area contributed by atoms with E-state index in [-0.39, 0.29) is 17.6 Å². The van der Waals surface area contributed by atoms with Gasteiger partial charge in [0.05, 0.1) is 17.6 Å². The molecule has 0 amide bonds. The Morgan fingerprint density at radius 3 is 2.64 bits per heavy atom. The number of nitrogens with one attached hydrogen (secondary N) is 2. The van der Waals surface area contributed by atoms with Crippen molar-refractivity contribution in [2.45, 2.75) is 39.8 Å². The van der Waals surface area contributed by atoms with Gasteiger partial charge < -0.3 is 15.4 Å². The monoisotopic (exact) mass is 410 g/mol. The fourth-order valence-electron chi connectivity index (χ4n) is 2.92. The lowest BCUT2D eigenvalue weighted by atomic mass is 10.1. The Morgan fingerprint density at radius 2 is 2.00 bits per heavy atom. The number of nitrogens with zero attached hydrogens (tertiary/aromatic N) is 2. The molecule has 2 rings (SSSR count). The van der Waals surface area contributed by atoms with E-state index in [2.05, 4.69) is 59.5 Å². The van der Waals surface area contributed by atoms with Crippen LogP contribution in [0.15, 0.2) is 23.2 Å². The highest BCUT2D eigenvalue weighted by molar-refractivity contribution is 7.91. The molecule has 0 radical (unpaired) electrons. The molecule has 158 valence electrons. The van der Waals surface area contributed by atoms with Gasteiger partial charge in [0, 0.05) is 45.3 Å². The highest BCUT2D eigenvalue weighted by Crippen LogP contribution is 2.22. The topological polar surface area (TPSA) is 83.0 Å². The molecule has 0 aromatic heterocycles. The van der Waals surface area contributed by atoms with Crippen molar-refractivity contribution in [2.75, 3.05) is 44.7 Å². The summed E-state index contributed by atoms with van der Waals surface area (Å²) in [5.74, 6) is 2.14. The van der Waals surface area contributed by atoms with E-state index >= 15 is 0 Å². The summed E-state index contributed by atoms with van der Waals surface area (Å²) in [6.45, 7) is 9.59. The van der Waals surface area contributed by atoms with Crippen molar-refractivity contribution in [1.82, 2.24) is 15.5 Å². The lowest BCUT2D eigenvalue weighted by molar-refractivity contribution is 0.215. The first-order chi connectivity index (χ1) is 13.3. The number of hydrogen-bond donors (Lipinski definition) is 2. The van der Waals surface area contributed by atoms with Crippen molar-refractivity contribution < 1.29 is 13.2 Å². The highest BCUT2D eigenvalue weighted by Gasteiger charge is 2.20. The van der Waals surface area contributed by atoms with Gasteiger partial charge in [-0.2, -0.15) is 0 Å². The van der Waals surface area contributed by atoms with Crippen LogP contribution in [0.4, 0.5) is 0 Å². The Bertz CT molecular complexity index is 751. The molecule has 8 heteroatoms. The van der Waals surface area contributed by atoms with E-state index in [4.69, 9.17) is 4.74 Å². The maximum absolute atomic E-state index is 11.5. The Morgan fingerprint density at radius 1 is 1.29 bits per heavy atom. The zero-order valence-corrected chi connectivity index (χ0v) is 18.3. The lowest BCUT2D eigenvalue weighted by Gasteiger charge is -2.26. The first-order valence-electron chi connectivity index (χ1n) is 9.96. The number of guanidine groups is 1. The predicted molar refractivity (Wildman–Crippen MR) is 115 cm³/mol. The molecule has 28 heavy (non-hydrogen) atoms. The molecule has 1 aliphatic rings. The maximum atomic E-state index is 11.5. The molecular weight excluding hydrogens is 376 g/mol. The summed E-state index contributed by atoms with van der Waals surface area (Å²) in [6.07, 6.45) is 1.13. The maximum Gasteiger partial charge on any atom is 0.191 e. The summed E-state index contributed by atoms with van der Waals surface area (Å²) >= 11 is 0. The van der Waals surface area contributed by atoms with Crippen LogP contribution in [0.1, 0.15) is 31.4 Å². The molecule has 1 saturated heterocycles. The number of sulfone groups is 1. The molecule has 7 nitrogen and oxygen atoms in total. The van der Waals surface area contributed by atoms with E-state index in [1.165, 1.54) is 5.56 Å². The number of aliphatic imine (C=N–C) groups is 1. The van der Waals surface area contributed by atoms with Crippen LogP contribution in [-0.2, 0) is 16.4 Å². The average molecular weight is 411 g/mol. The molecule has 2 N–H and O–H groups in total. The average Bonchev–Trinajstić information content (AvgIpc) is 2.66. The van der Waals surface area contributed by atoms with Gasteiger partial charge in [0.25, 0.3) is 0 Å². The Kier molecular flexibility index (Phi) is 8.57. The van der Waals surface area contributed by atoms with Crippen LogP contribution in [-0.4, -0.2) is 70.1 Å². The molecule has 0 spiro atoms. The minimum atomic E-state index is -2.83. The van der Waals surface area contributed by atoms with Gasteiger partial charge in [-0.05, 0) is 31.9 Å². The molecule has 1 heterocycles. The van der Waals surface area contributed by atoms with Crippen LogP contribution in [0.3, 0.4) is 0 Å². The second kappa shape index (κ2) is 10.7. The third-order valence-electron chi connectivity index (χ3n) is 4.95. The normalized spacial score (nSPS) is 18.5.